The number of carboxylic acids is 1. The second-order valence-corrected chi connectivity index (χ2v) is 5.14. The van der Waals surface area contributed by atoms with Crippen molar-refractivity contribution < 1.29 is 23.1 Å². The Morgan fingerprint density at radius 1 is 1.00 bits per heavy atom. The van der Waals surface area contributed by atoms with Crippen molar-refractivity contribution in [2.24, 2.45) is 0 Å². The van der Waals surface area contributed by atoms with E-state index < -0.39 is 17.7 Å². The monoisotopic (exact) mass is 332 g/mol. The lowest BCUT2D eigenvalue weighted by Gasteiger charge is -2.10. The van der Waals surface area contributed by atoms with Crippen molar-refractivity contribution >= 4 is 28.2 Å². The first-order valence-electron chi connectivity index (χ1n) is 6.90. The maximum Gasteiger partial charge on any atom is 0.416 e. The number of nitrogens with zero attached hydrogens (tertiary/aromatic N) is 1. The topological polar surface area (TPSA) is 62.2 Å². The lowest BCUT2D eigenvalue weighted by molar-refractivity contribution is -0.137. The van der Waals surface area contributed by atoms with Gasteiger partial charge in [0.25, 0.3) is 0 Å². The zero-order valence-corrected chi connectivity index (χ0v) is 12.1. The van der Waals surface area contributed by atoms with Crippen molar-refractivity contribution in [2.75, 3.05) is 5.32 Å². The number of carboxylic acid groups (broad SMARTS) is 1. The van der Waals surface area contributed by atoms with Gasteiger partial charge in [-0.05, 0) is 48.5 Å². The molecule has 122 valence electrons. The molecule has 1 aromatic heterocycles. The molecule has 3 rings (SSSR count). The largest absolute Gasteiger partial charge is 0.478 e. The third kappa shape index (κ3) is 3.29. The zero-order chi connectivity index (χ0) is 17.3. The number of anilines is 2. The van der Waals surface area contributed by atoms with E-state index in [1.165, 1.54) is 24.4 Å². The average Bonchev–Trinajstić information content (AvgIpc) is 2.54. The minimum absolute atomic E-state index is 0.0641. The Kier molecular flexibility index (Phi) is 3.84. The van der Waals surface area contributed by atoms with Crippen LogP contribution in [0.2, 0.25) is 0 Å². The van der Waals surface area contributed by atoms with Crippen molar-refractivity contribution in [1.82, 2.24) is 4.98 Å². The molecule has 0 aliphatic carbocycles. The summed E-state index contributed by atoms with van der Waals surface area (Å²) in [4.78, 5) is 15.0. The van der Waals surface area contributed by atoms with Crippen molar-refractivity contribution in [3.63, 3.8) is 0 Å². The standard InChI is InChI=1S/C17H11F3N2O2/c18-17(19,20)12-1-3-13(4-2-12)22-14-5-6-15-10(8-14)7-11(9-21-15)16(23)24/h1-9,22H,(H,23,24). The molecule has 24 heavy (non-hydrogen) atoms. The fraction of sp³-hybridized carbons (Fsp3) is 0.0588. The molecule has 0 radical (unpaired) electrons. The summed E-state index contributed by atoms with van der Waals surface area (Å²) in [5, 5.41) is 12.6. The molecule has 1 heterocycles. The van der Waals surface area contributed by atoms with Crippen LogP contribution in [0.25, 0.3) is 10.9 Å². The molecular weight excluding hydrogens is 321 g/mol. The highest BCUT2D eigenvalue weighted by Crippen LogP contribution is 2.30. The first kappa shape index (κ1) is 15.8. The van der Waals surface area contributed by atoms with Gasteiger partial charge in [-0.15, -0.1) is 0 Å². The van der Waals surface area contributed by atoms with E-state index in [0.29, 0.717) is 22.3 Å². The molecule has 3 aromatic rings. The van der Waals surface area contributed by atoms with Gasteiger partial charge in [0.05, 0.1) is 16.6 Å². The number of hydrogen-bond acceptors (Lipinski definition) is 3. The molecule has 4 nitrogen and oxygen atoms in total. The first-order chi connectivity index (χ1) is 11.3. The SMILES string of the molecule is O=C(O)c1cnc2ccc(Nc3ccc(C(F)(F)F)cc3)cc2c1. The summed E-state index contributed by atoms with van der Waals surface area (Å²) in [5.41, 5.74) is 1.07. The smallest absolute Gasteiger partial charge is 0.416 e. The summed E-state index contributed by atoms with van der Waals surface area (Å²) < 4.78 is 37.6. The van der Waals surface area contributed by atoms with Gasteiger partial charge in [0.2, 0.25) is 0 Å². The van der Waals surface area contributed by atoms with Crippen molar-refractivity contribution in [3.8, 4) is 0 Å². The third-order valence-corrected chi connectivity index (χ3v) is 3.43. The van der Waals surface area contributed by atoms with Crippen LogP contribution < -0.4 is 5.32 Å². The number of carbonyl (C=O) groups is 1. The number of hydrogen-bond donors (Lipinski definition) is 2. The predicted octanol–water partition coefficient (Wildman–Crippen LogP) is 4.70. The van der Waals surface area contributed by atoms with E-state index >= 15 is 0 Å². The third-order valence-electron chi connectivity index (χ3n) is 3.43. The van der Waals surface area contributed by atoms with E-state index in [4.69, 9.17) is 5.11 Å². The number of halogens is 3. The quantitative estimate of drug-likeness (QED) is 0.730. The normalized spacial score (nSPS) is 11.5. The molecule has 2 aromatic carbocycles. The predicted molar refractivity (Wildman–Crippen MR) is 83.4 cm³/mol. The number of aromatic nitrogens is 1. The fourth-order valence-corrected chi connectivity index (χ4v) is 2.24. The van der Waals surface area contributed by atoms with Crippen LogP contribution >= 0.6 is 0 Å². The van der Waals surface area contributed by atoms with Crippen LogP contribution in [-0.4, -0.2) is 16.1 Å². The van der Waals surface area contributed by atoms with Gasteiger partial charge in [-0.1, -0.05) is 0 Å². The summed E-state index contributed by atoms with van der Waals surface area (Å²) in [6.45, 7) is 0. The Labute approximate surface area is 134 Å². The van der Waals surface area contributed by atoms with E-state index in [2.05, 4.69) is 10.3 Å². The highest BCUT2D eigenvalue weighted by molar-refractivity contribution is 5.93. The summed E-state index contributed by atoms with van der Waals surface area (Å²) in [7, 11) is 0. The molecule has 0 bridgehead atoms. The molecule has 7 heteroatoms. The number of nitrogens with one attached hydrogen (secondary N) is 1. The second kappa shape index (κ2) is 5.84. The van der Waals surface area contributed by atoms with Crippen LogP contribution in [0.15, 0.2) is 54.7 Å². The number of alkyl halides is 3. The average molecular weight is 332 g/mol. The summed E-state index contributed by atoms with van der Waals surface area (Å²) in [6, 6.07) is 11.2. The van der Waals surface area contributed by atoms with Crippen LogP contribution in [0.3, 0.4) is 0 Å². The molecule has 0 atom stereocenters. The van der Waals surface area contributed by atoms with E-state index in [-0.39, 0.29) is 5.56 Å². The van der Waals surface area contributed by atoms with Crippen LogP contribution in [0.5, 0.6) is 0 Å². The van der Waals surface area contributed by atoms with Crippen LogP contribution in [0, 0.1) is 0 Å². The molecule has 2 N–H and O–H groups in total. The van der Waals surface area contributed by atoms with Gasteiger partial charge >= 0.3 is 12.1 Å². The molecule has 0 aliphatic heterocycles. The molecule has 0 spiro atoms. The Bertz CT molecular complexity index is 906. The number of pyridine rings is 1. The second-order valence-electron chi connectivity index (χ2n) is 5.14. The highest BCUT2D eigenvalue weighted by Gasteiger charge is 2.29. The molecule has 0 saturated carbocycles. The van der Waals surface area contributed by atoms with Crippen LogP contribution in [0.1, 0.15) is 15.9 Å². The summed E-state index contributed by atoms with van der Waals surface area (Å²) in [6.07, 6.45) is -3.10. The molecule has 0 unspecified atom stereocenters. The Hall–Kier alpha value is -3.09. The molecule has 0 saturated heterocycles. The van der Waals surface area contributed by atoms with Crippen molar-refractivity contribution in [1.29, 1.82) is 0 Å². The Morgan fingerprint density at radius 2 is 1.67 bits per heavy atom. The van der Waals surface area contributed by atoms with E-state index in [9.17, 15) is 18.0 Å². The van der Waals surface area contributed by atoms with E-state index in [1.54, 1.807) is 18.2 Å². The van der Waals surface area contributed by atoms with Gasteiger partial charge in [0, 0.05) is 23.0 Å². The van der Waals surface area contributed by atoms with Crippen molar-refractivity contribution in [2.45, 2.75) is 6.18 Å². The maximum atomic E-state index is 12.5. The molecule has 0 fully saturated rings. The Morgan fingerprint density at radius 3 is 2.29 bits per heavy atom. The molecule has 0 aliphatic rings. The number of benzene rings is 2. The number of fused-ring (bicyclic) bond motifs is 1. The molecule has 0 amide bonds. The minimum atomic E-state index is -4.37. The van der Waals surface area contributed by atoms with Gasteiger partial charge in [0.15, 0.2) is 0 Å². The van der Waals surface area contributed by atoms with Crippen LogP contribution in [0.4, 0.5) is 24.5 Å². The van der Waals surface area contributed by atoms with Gasteiger partial charge in [0.1, 0.15) is 0 Å². The van der Waals surface area contributed by atoms with Crippen LogP contribution in [-0.2, 0) is 6.18 Å². The first-order valence-corrected chi connectivity index (χ1v) is 6.90. The molecular formula is C17H11F3N2O2. The lowest BCUT2D eigenvalue weighted by atomic mass is 10.1. The van der Waals surface area contributed by atoms with E-state index in [0.717, 1.165) is 12.1 Å². The maximum absolute atomic E-state index is 12.5. The number of aromatic carboxylic acids is 1. The Balaban J connectivity index is 1.88. The van der Waals surface area contributed by atoms with Gasteiger partial charge in [-0.3, -0.25) is 4.98 Å². The van der Waals surface area contributed by atoms with Gasteiger partial charge in [-0.2, -0.15) is 13.2 Å². The van der Waals surface area contributed by atoms with E-state index in [1.807, 2.05) is 0 Å². The minimum Gasteiger partial charge on any atom is -0.478 e. The van der Waals surface area contributed by atoms with Crippen molar-refractivity contribution in [3.05, 3.63) is 65.9 Å². The highest BCUT2D eigenvalue weighted by atomic mass is 19.4. The number of rotatable bonds is 3. The van der Waals surface area contributed by atoms with Gasteiger partial charge in [-0.25, -0.2) is 4.79 Å². The van der Waals surface area contributed by atoms with Gasteiger partial charge < -0.3 is 10.4 Å². The zero-order valence-electron chi connectivity index (χ0n) is 12.1. The summed E-state index contributed by atoms with van der Waals surface area (Å²) >= 11 is 0. The summed E-state index contributed by atoms with van der Waals surface area (Å²) in [5.74, 6) is -1.08. The lowest BCUT2D eigenvalue weighted by Crippen LogP contribution is -2.04. The fourth-order valence-electron chi connectivity index (χ4n) is 2.24.